The van der Waals surface area contributed by atoms with Crippen LogP contribution < -0.4 is 0 Å². The SMILES string of the molecule is CC(=O)C1=CCC2C3CC=C4CC(OC5OC(CO)C(O)C(O)C5O)CC(O)C4(C)C3CCC12C. The monoisotopic (exact) mass is 492 g/mol. The Balaban J connectivity index is 1.33. The molecular formula is C27H40O8. The van der Waals surface area contributed by atoms with Crippen LogP contribution in [-0.4, -0.2) is 80.8 Å². The summed E-state index contributed by atoms with van der Waals surface area (Å²) in [5.74, 6) is 1.32. The number of hydrogen-bond acceptors (Lipinski definition) is 8. The Morgan fingerprint density at radius 2 is 1.83 bits per heavy atom. The van der Waals surface area contributed by atoms with Crippen molar-refractivity contribution in [3.63, 3.8) is 0 Å². The molecule has 0 bridgehead atoms. The summed E-state index contributed by atoms with van der Waals surface area (Å²) in [6, 6.07) is 0. The quantitative estimate of drug-likeness (QED) is 0.370. The first kappa shape index (κ1) is 25.5. The van der Waals surface area contributed by atoms with Crippen molar-refractivity contribution in [3.8, 4) is 0 Å². The fourth-order valence-corrected chi connectivity index (χ4v) is 8.27. The van der Waals surface area contributed by atoms with Gasteiger partial charge in [0.1, 0.15) is 24.4 Å². The number of rotatable bonds is 4. The van der Waals surface area contributed by atoms with E-state index in [1.807, 2.05) is 0 Å². The lowest BCUT2D eigenvalue weighted by Gasteiger charge is -2.59. The van der Waals surface area contributed by atoms with E-state index in [0.29, 0.717) is 30.6 Å². The summed E-state index contributed by atoms with van der Waals surface area (Å²) < 4.78 is 11.6. The van der Waals surface area contributed by atoms with Gasteiger partial charge in [0, 0.05) is 11.8 Å². The highest BCUT2D eigenvalue weighted by atomic mass is 16.7. The first-order valence-electron chi connectivity index (χ1n) is 13.1. The minimum atomic E-state index is -1.49. The van der Waals surface area contributed by atoms with Crippen molar-refractivity contribution in [2.24, 2.45) is 28.6 Å². The Morgan fingerprint density at radius 1 is 1.09 bits per heavy atom. The van der Waals surface area contributed by atoms with Crippen molar-refractivity contribution in [1.82, 2.24) is 0 Å². The molecule has 5 rings (SSSR count). The van der Waals surface area contributed by atoms with Crippen LogP contribution in [0.5, 0.6) is 0 Å². The van der Waals surface area contributed by atoms with Gasteiger partial charge < -0.3 is 35.0 Å². The molecule has 5 aliphatic rings. The lowest BCUT2D eigenvalue weighted by molar-refractivity contribution is -0.315. The Morgan fingerprint density at radius 3 is 2.51 bits per heavy atom. The van der Waals surface area contributed by atoms with Crippen molar-refractivity contribution < 1.29 is 39.8 Å². The summed E-state index contributed by atoms with van der Waals surface area (Å²) in [5.41, 5.74) is 1.69. The van der Waals surface area contributed by atoms with Gasteiger partial charge in [-0.25, -0.2) is 0 Å². The summed E-state index contributed by atoms with van der Waals surface area (Å²) >= 11 is 0. The normalized spacial score (nSPS) is 51.5. The van der Waals surface area contributed by atoms with Gasteiger partial charge in [-0.3, -0.25) is 4.79 Å². The smallest absolute Gasteiger partial charge is 0.186 e. The van der Waals surface area contributed by atoms with Gasteiger partial charge >= 0.3 is 0 Å². The number of allylic oxidation sites excluding steroid dienone is 3. The maximum Gasteiger partial charge on any atom is 0.186 e. The highest BCUT2D eigenvalue weighted by Gasteiger charge is 2.60. The van der Waals surface area contributed by atoms with E-state index in [-0.39, 0.29) is 16.6 Å². The molecule has 8 nitrogen and oxygen atoms in total. The molecule has 0 amide bonds. The second-order valence-corrected chi connectivity index (χ2v) is 11.9. The number of carbonyl (C=O) groups excluding carboxylic acids is 1. The Labute approximate surface area is 206 Å². The number of hydrogen-bond donors (Lipinski definition) is 5. The molecule has 0 aromatic rings. The number of Topliss-reactive ketones (excluding diaryl/α,β-unsaturated/α-hetero) is 1. The van der Waals surface area contributed by atoms with Gasteiger partial charge in [-0.05, 0) is 67.8 Å². The van der Waals surface area contributed by atoms with E-state index >= 15 is 0 Å². The van der Waals surface area contributed by atoms with Crippen LogP contribution in [0.3, 0.4) is 0 Å². The van der Waals surface area contributed by atoms with E-state index < -0.39 is 49.5 Å². The van der Waals surface area contributed by atoms with Gasteiger partial charge in [0.15, 0.2) is 12.1 Å². The number of ketones is 1. The topological polar surface area (TPSA) is 137 Å². The Hall–Kier alpha value is -1.13. The fraction of sp³-hybridized carbons (Fsp3) is 0.815. The summed E-state index contributed by atoms with van der Waals surface area (Å²) in [5, 5.41) is 51.4. The average Bonchev–Trinajstić information content (AvgIpc) is 3.18. The van der Waals surface area contributed by atoms with Crippen molar-refractivity contribution in [1.29, 1.82) is 0 Å². The maximum atomic E-state index is 12.3. The van der Waals surface area contributed by atoms with Gasteiger partial charge in [-0.2, -0.15) is 0 Å². The third-order valence-corrected chi connectivity index (χ3v) is 10.3. The molecule has 1 aliphatic heterocycles. The lowest BCUT2D eigenvalue weighted by Crippen LogP contribution is -2.60. The van der Waals surface area contributed by atoms with Crippen molar-refractivity contribution in [2.75, 3.05) is 6.61 Å². The number of aliphatic hydroxyl groups excluding tert-OH is 5. The van der Waals surface area contributed by atoms with Crippen LogP contribution in [0.25, 0.3) is 0 Å². The highest BCUT2D eigenvalue weighted by Crippen LogP contribution is 2.65. The standard InChI is InChI=1S/C27H40O8/c1-13(29)17-6-7-18-16-5-4-14-10-15(34-25-24(33)23(32)22(31)20(12-28)35-25)11-21(30)27(14,3)19(16)8-9-26(17,18)2/h4,6,15-16,18-25,28,30-33H,5,7-12H2,1-3H3. The number of fused-ring (bicyclic) bond motifs is 5. The molecule has 196 valence electrons. The second-order valence-electron chi connectivity index (χ2n) is 11.9. The third-order valence-electron chi connectivity index (χ3n) is 10.3. The maximum absolute atomic E-state index is 12.3. The minimum Gasteiger partial charge on any atom is -0.394 e. The first-order chi connectivity index (χ1) is 16.5. The van der Waals surface area contributed by atoms with Gasteiger partial charge in [0.2, 0.25) is 0 Å². The van der Waals surface area contributed by atoms with Crippen molar-refractivity contribution >= 4 is 5.78 Å². The van der Waals surface area contributed by atoms with Crippen LogP contribution in [0, 0.1) is 28.6 Å². The molecule has 5 N–H and O–H groups in total. The molecule has 12 unspecified atom stereocenters. The predicted molar refractivity (Wildman–Crippen MR) is 126 cm³/mol. The van der Waals surface area contributed by atoms with Gasteiger partial charge in [-0.1, -0.05) is 31.6 Å². The lowest BCUT2D eigenvalue weighted by atomic mass is 9.46. The fourth-order valence-electron chi connectivity index (χ4n) is 8.27. The molecule has 12 atom stereocenters. The molecule has 0 aromatic heterocycles. The van der Waals surface area contributed by atoms with E-state index in [2.05, 4.69) is 26.0 Å². The van der Waals surface area contributed by atoms with Crippen LogP contribution in [0.4, 0.5) is 0 Å². The van der Waals surface area contributed by atoms with Crippen LogP contribution in [-0.2, 0) is 14.3 Å². The van der Waals surface area contributed by atoms with Crippen LogP contribution in [0.15, 0.2) is 23.3 Å². The average molecular weight is 493 g/mol. The van der Waals surface area contributed by atoms with E-state index in [0.717, 1.165) is 36.8 Å². The zero-order chi connectivity index (χ0) is 25.3. The van der Waals surface area contributed by atoms with E-state index in [4.69, 9.17) is 9.47 Å². The Bertz CT molecular complexity index is 913. The summed E-state index contributed by atoms with van der Waals surface area (Å²) in [4.78, 5) is 12.3. The van der Waals surface area contributed by atoms with Crippen LogP contribution in [0.1, 0.15) is 59.3 Å². The highest BCUT2D eigenvalue weighted by molar-refractivity contribution is 5.95. The Kier molecular flexibility index (Phi) is 6.57. The van der Waals surface area contributed by atoms with Gasteiger partial charge in [-0.15, -0.1) is 0 Å². The van der Waals surface area contributed by atoms with Crippen molar-refractivity contribution in [2.45, 2.75) is 102 Å². The molecular weight excluding hydrogens is 452 g/mol. The summed E-state index contributed by atoms with van der Waals surface area (Å²) in [6.07, 6.45) is 1.44. The number of ether oxygens (including phenoxy) is 2. The molecule has 1 heterocycles. The molecule has 3 fully saturated rings. The molecule has 8 heteroatoms. The van der Waals surface area contributed by atoms with Crippen molar-refractivity contribution in [3.05, 3.63) is 23.3 Å². The molecule has 4 aliphatic carbocycles. The number of carbonyl (C=O) groups is 1. The van der Waals surface area contributed by atoms with E-state index in [1.165, 1.54) is 0 Å². The minimum absolute atomic E-state index is 0.0803. The molecule has 35 heavy (non-hydrogen) atoms. The second kappa shape index (κ2) is 9.01. The van der Waals surface area contributed by atoms with Crippen LogP contribution in [0.2, 0.25) is 0 Å². The summed E-state index contributed by atoms with van der Waals surface area (Å²) in [6.45, 7) is 5.58. The zero-order valence-corrected chi connectivity index (χ0v) is 20.8. The predicted octanol–water partition coefficient (Wildman–Crippen LogP) is 1.23. The number of aliphatic hydroxyl groups is 5. The largest absolute Gasteiger partial charge is 0.394 e. The van der Waals surface area contributed by atoms with E-state index in [9.17, 15) is 30.3 Å². The first-order valence-corrected chi connectivity index (χ1v) is 13.1. The van der Waals surface area contributed by atoms with Crippen LogP contribution >= 0.6 is 0 Å². The molecule has 0 aromatic carbocycles. The van der Waals surface area contributed by atoms with Gasteiger partial charge in [0.25, 0.3) is 0 Å². The van der Waals surface area contributed by atoms with Gasteiger partial charge in [0.05, 0.1) is 18.8 Å². The van der Waals surface area contributed by atoms with E-state index in [1.54, 1.807) is 6.92 Å². The molecule has 0 spiro atoms. The third kappa shape index (κ3) is 3.79. The summed E-state index contributed by atoms with van der Waals surface area (Å²) in [7, 11) is 0. The molecule has 2 saturated carbocycles. The molecule has 0 radical (unpaired) electrons. The molecule has 1 saturated heterocycles. The zero-order valence-electron chi connectivity index (χ0n) is 20.8.